The van der Waals surface area contributed by atoms with Gasteiger partial charge in [-0.3, -0.25) is 0 Å². The van der Waals surface area contributed by atoms with Crippen molar-refractivity contribution < 1.29 is 9.47 Å². The normalized spacial score (nSPS) is 11.7. The van der Waals surface area contributed by atoms with Gasteiger partial charge in [0.15, 0.2) is 0 Å². The first-order valence-electron chi connectivity index (χ1n) is 6.14. The van der Waals surface area contributed by atoms with Gasteiger partial charge in [-0.25, -0.2) is 4.98 Å². The van der Waals surface area contributed by atoms with Crippen molar-refractivity contribution in [3.8, 4) is 5.88 Å². The molecule has 0 fully saturated rings. The van der Waals surface area contributed by atoms with Crippen LogP contribution in [-0.4, -0.2) is 35.3 Å². The van der Waals surface area contributed by atoms with Crippen LogP contribution < -0.4 is 10.1 Å². The summed E-state index contributed by atoms with van der Waals surface area (Å²) in [5, 5.41) is 3.16. The van der Waals surface area contributed by atoms with Gasteiger partial charge in [-0.1, -0.05) is 0 Å². The van der Waals surface area contributed by atoms with E-state index in [4.69, 9.17) is 9.47 Å². The molecule has 5 heteroatoms. The van der Waals surface area contributed by atoms with Crippen LogP contribution in [0.25, 0.3) is 0 Å². The van der Waals surface area contributed by atoms with Gasteiger partial charge in [0.05, 0.1) is 11.7 Å². The predicted molar refractivity (Wildman–Crippen MR) is 72.1 cm³/mol. The molecule has 0 aliphatic carbocycles. The molecule has 1 rings (SSSR count). The second-order valence-electron chi connectivity index (χ2n) is 5.16. The van der Waals surface area contributed by atoms with Crippen LogP contribution in [0.2, 0.25) is 0 Å². The van der Waals surface area contributed by atoms with Gasteiger partial charge in [0.1, 0.15) is 0 Å². The molecule has 0 unspecified atom stereocenters. The summed E-state index contributed by atoms with van der Waals surface area (Å²) < 4.78 is 10.9. The predicted octanol–water partition coefficient (Wildman–Crippen LogP) is 2.41. The second kappa shape index (κ2) is 6.00. The Labute approximate surface area is 109 Å². The summed E-state index contributed by atoms with van der Waals surface area (Å²) in [7, 11) is 1.69. The molecule has 1 aromatic rings. The number of aromatic nitrogens is 2. The summed E-state index contributed by atoms with van der Waals surface area (Å²) in [6.45, 7) is 10.5. The molecule has 102 valence electrons. The Morgan fingerprint density at radius 2 is 2.00 bits per heavy atom. The van der Waals surface area contributed by atoms with E-state index in [9.17, 15) is 0 Å². The van der Waals surface area contributed by atoms with Crippen LogP contribution in [0.5, 0.6) is 5.88 Å². The van der Waals surface area contributed by atoms with E-state index in [2.05, 4.69) is 15.3 Å². The van der Waals surface area contributed by atoms with Crippen LogP contribution >= 0.6 is 0 Å². The molecule has 0 saturated carbocycles. The van der Waals surface area contributed by atoms with E-state index >= 15 is 0 Å². The minimum absolute atomic E-state index is 0.0996. The fourth-order valence-corrected chi connectivity index (χ4v) is 1.28. The minimum Gasteiger partial charge on any atom is -0.475 e. The van der Waals surface area contributed by atoms with E-state index in [0.29, 0.717) is 18.4 Å². The van der Waals surface area contributed by atoms with Crippen molar-refractivity contribution in [1.29, 1.82) is 0 Å². The Kier molecular flexibility index (Phi) is 4.90. The lowest BCUT2D eigenvalue weighted by atomic mass is 10.1. The highest BCUT2D eigenvalue weighted by molar-refractivity contribution is 5.31. The number of nitrogens with zero attached hydrogens (tertiary/aromatic N) is 2. The maximum absolute atomic E-state index is 5.57. The number of rotatable bonds is 6. The van der Waals surface area contributed by atoms with E-state index in [-0.39, 0.29) is 11.7 Å². The van der Waals surface area contributed by atoms with E-state index in [1.807, 2.05) is 40.7 Å². The number of aryl methyl sites for hydroxylation is 1. The number of hydrogen-bond acceptors (Lipinski definition) is 5. The Balaban J connectivity index is 2.74. The molecule has 0 aromatic carbocycles. The molecule has 0 amide bonds. The average Bonchev–Trinajstić information content (AvgIpc) is 2.25. The minimum atomic E-state index is -0.258. The molecule has 1 heterocycles. The van der Waals surface area contributed by atoms with Crippen molar-refractivity contribution in [3.63, 3.8) is 0 Å². The molecule has 0 aliphatic heterocycles. The molecule has 1 aromatic heterocycles. The molecule has 0 spiro atoms. The van der Waals surface area contributed by atoms with Crippen LogP contribution in [0.15, 0.2) is 6.07 Å². The van der Waals surface area contributed by atoms with E-state index in [1.54, 1.807) is 7.11 Å². The molecular formula is C13H23N3O2. The topological polar surface area (TPSA) is 56.3 Å². The van der Waals surface area contributed by atoms with Gasteiger partial charge < -0.3 is 14.8 Å². The van der Waals surface area contributed by atoms with Gasteiger partial charge in [0.2, 0.25) is 11.8 Å². The smallest absolute Gasteiger partial charge is 0.226 e. The van der Waals surface area contributed by atoms with Gasteiger partial charge in [0, 0.05) is 25.4 Å². The highest BCUT2D eigenvalue weighted by Crippen LogP contribution is 2.15. The first-order valence-corrected chi connectivity index (χ1v) is 6.14. The molecule has 0 radical (unpaired) electrons. The molecule has 0 aliphatic rings. The van der Waals surface area contributed by atoms with Crippen LogP contribution in [0.3, 0.4) is 0 Å². The summed E-state index contributed by atoms with van der Waals surface area (Å²) in [6, 6.07) is 1.83. The van der Waals surface area contributed by atoms with Gasteiger partial charge >= 0.3 is 0 Å². The van der Waals surface area contributed by atoms with Crippen molar-refractivity contribution in [2.24, 2.45) is 0 Å². The van der Waals surface area contributed by atoms with Crippen LogP contribution in [0.4, 0.5) is 5.95 Å². The zero-order chi connectivity index (χ0) is 13.8. The van der Waals surface area contributed by atoms with Crippen molar-refractivity contribution in [3.05, 3.63) is 11.8 Å². The molecular weight excluding hydrogens is 230 g/mol. The fourth-order valence-electron chi connectivity index (χ4n) is 1.28. The quantitative estimate of drug-likeness (QED) is 0.843. The highest BCUT2D eigenvalue weighted by Gasteiger charge is 2.16. The maximum Gasteiger partial charge on any atom is 0.226 e. The fraction of sp³-hybridized carbons (Fsp3) is 0.692. The molecule has 0 atom stereocenters. The summed E-state index contributed by atoms with van der Waals surface area (Å²) in [5.41, 5.74) is 0.616. The summed E-state index contributed by atoms with van der Waals surface area (Å²) in [4.78, 5) is 8.63. The van der Waals surface area contributed by atoms with Gasteiger partial charge in [-0.15, -0.1) is 0 Å². The monoisotopic (exact) mass is 253 g/mol. The van der Waals surface area contributed by atoms with Crippen molar-refractivity contribution >= 4 is 5.95 Å². The molecule has 18 heavy (non-hydrogen) atoms. The van der Waals surface area contributed by atoms with Gasteiger partial charge in [-0.05, 0) is 34.6 Å². The number of anilines is 1. The molecule has 0 bridgehead atoms. The van der Waals surface area contributed by atoms with E-state index in [1.165, 1.54) is 0 Å². The molecule has 5 nitrogen and oxygen atoms in total. The van der Waals surface area contributed by atoms with Crippen molar-refractivity contribution in [2.75, 3.05) is 19.0 Å². The SMILES string of the molecule is COC(C)(C)CNc1nc(C)cc(OC(C)C)n1. The first-order chi connectivity index (χ1) is 8.32. The number of nitrogens with one attached hydrogen (secondary N) is 1. The number of ether oxygens (including phenoxy) is 2. The Morgan fingerprint density at radius 3 is 2.56 bits per heavy atom. The van der Waals surface area contributed by atoms with Gasteiger partial charge in [0.25, 0.3) is 0 Å². The van der Waals surface area contributed by atoms with Crippen LogP contribution in [0.1, 0.15) is 33.4 Å². The first kappa shape index (κ1) is 14.7. The summed E-state index contributed by atoms with van der Waals surface area (Å²) in [5.74, 6) is 1.16. The lowest BCUT2D eigenvalue weighted by Crippen LogP contribution is -2.32. The van der Waals surface area contributed by atoms with E-state index in [0.717, 1.165) is 5.69 Å². The summed E-state index contributed by atoms with van der Waals surface area (Å²) in [6.07, 6.45) is 0.0996. The van der Waals surface area contributed by atoms with Crippen LogP contribution in [0, 0.1) is 6.92 Å². The summed E-state index contributed by atoms with van der Waals surface area (Å²) >= 11 is 0. The largest absolute Gasteiger partial charge is 0.475 e. The third-order valence-corrected chi connectivity index (χ3v) is 2.41. The van der Waals surface area contributed by atoms with Crippen LogP contribution in [-0.2, 0) is 4.74 Å². The zero-order valence-electron chi connectivity index (χ0n) is 12.1. The zero-order valence-corrected chi connectivity index (χ0v) is 12.1. The average molecular weight is 253 g/mol. The van der Waals surface area contributed by atoms with E-state index < -0.39 is 0 Å². The molecule has 0 saturated heterocycles. The number of methoxy groups -OCH3 is 1. The standard InChI is InChI=1S/C13H23N3O2/c1-9(2)18-11-7-10(3)15-12(16-11)14-8-13(4,5)17-6/h7,9H,8H2,1-6H3,(H,14,15,16). The highest BCUT2D eigenvalue weighted by atomic mass is 16.5. The Bertz CT molecular complexity index is 392. The lowest BCUT2D eigenvalue weighted by molar-refractivity contribution is 0.0342. The Hall–Kier alpha value is -1.36. The van der Waals surface area contributed by atoms with Crippen molar-refractivity contribution in [1.82, 2.24) is 9.97 Å². The second-order valence-corrected chi connectivity index (χ2v) is 5.16. The third-order valence-electron chi connectivity index (χ3n) is 2.41. The number of hydrogen-bond donors (Lipinski definition) is 1. The lowest BCUT2D eigenvalue weighted by Gasteiger charge is -2.23. The Morgan fingerprint density at radius 1 is 1.33 bits per heavy atom. The third kappa shape index (κ3) is 4.87. The van der Waals surface area contributed by atoms with Crippen molar-refractivity contribution in [2.45, 2.75) is 46.3 Å². The molecule has 1 N–H and O–H groups in total. The maximum atomic E-state index is 5.57. The van der Waals surface area contributed by atoms with Gasteiger partial charge in [-0.2, -0.15) is 4.98 Å².